The number of Topliss-reactive ketones (excluding diaryl/α,β-unsaturated/α-hetero) is 1. The molecule has 2 aromatic carbocycles. The van der Waals surface area contributed by atoms with E-state index in [1.54, 1.807) is 26.4 Å². The smallest absolute Gasteiger partial charge is 0.166 e. The summed E-state index contributed by atoms with van der Waals surface area (Å²) < 4.78 is 12.7. The minimum Gasteiger partial charge on any atom is -0.493 e. The minimum atomic E-state index is 0.0453. The molecule has 2 atom stereocenters. The Balaban J connectivity index is 1.61. The Morgan fingerprint density at radius 3 is 2.60 bits per heavy atom. The topological polar surface area (TPSA) is 40.5 Å². The van der Waals surface area contributed by atoms with Gasteiger partial charge >= 0.3 is 0 Å². The van der Waals surface area contributed by atoms with Crippen molar-refractivity contribution in [3.8, 4) is 11.5 Å². The van der Waals surface area contributed by atoms with E-state index in [9.17, 15) is 4.79 Å². The average Bonchev–Trinajstić information content (AvgIpc) is 3.38. The van der Waals surface area contributed by atoms with Crippen LogP contribution >= 0.6 is 0 Å². The monoisotopic (exact) mass is 335 g/mol. The summed E-state index contributed by atoms with van der Waals surface area (Å²) in [5.41, 5.74) is 3.17. The van der Waals surface area contributed by atoms with Gasteiger partial charge in [-0.2, -0.15) is 0 Å². The van der Waals surface area contributed by atoms with Crippen LogP contribution in [0.5, 0.6) is 11.5 Å². The predicted molar refractivity (Wildman–Crippen MR) is 97.6 cm³/mol. The molecule has 4 rings (SSSR count). The van der Waals surface area contributed by atoms with Crippen molar-refractivity contribution in [1.82, 2.24) is 4.57 Å². The van der Waals surface area contributed by atoms with Crippen molar-refractivity contribution in [2.24, 2.45) is 13.0 Å². The number of benzene rings is 2. The highest BCUT2D eigenvalue weighted by Crippen LogP contribution is 2.51. The van der Waals surface area contributed by atoms with Crippen LogP contribution in [0.1, 0.15) is 28.3 Å². The number of hydrogen-bond donors (Lipinski definition) is 0. The summed E-state index contributed by atoms with van der Waals surface area (Å²) in [6.45, 7) is 0. The van der Waals surface area contributed by atoms with Crippen LogP contribution in [-0.2, 0) is 7.05 Å². The fourth-order valence-electron chi connectivity index (χ4n) is 3.70. The molecule has 0 spiro atoms. The van der Waals surface area contributed by atoms with E-state index in [-0.39, 0.29) is 11.7 Å². The molecule has 25 heavy (non-hydrogen) atoms. The van der Waals surface area contributed by atoms with Gasteiger partial charge in [0.25, 0.3) is 0 Å². The highest BCUT2D eigenvalue weighted by Gasteiger charge is 2.45. The van der Waals surface area contributed by atoms with Crippen LogP contribution in [0.25, 0.3) is 10.9 Å². The molecule has 0 saturated heterocycles. The van der Waals surface area contributed by atoms with Crippen LogP contribution < -0.4 is 9.47 Å². The Morgan fingerprint density at radius 1 is 1.08 bits per heavy atom. The first-order chi connectivity index (χ1) is 12.1. The number of nitrogens with zero attached hydrogens (tertiary/aromatic N) is 1. The van der Waals surface area contributed by atoms with Crippen molar-refractivity contribution in [1.29, 1.82) is 0 Å². The Bertz CT molecular complexity index is 957. The van der Waals surface area contributed by atoms with Crippen LogP contribution in [-0.4, -0.2) is 24.6 Å². The fraction of sp³-hybridized carbons (Fsp3) is 0.286. The zero-order chi connectivity index (χ0) is 17.6. The number of aryl methyl sites for hydroxylation is 1. The van der Waals surface area contributed by atoms with Crippen molar-refractivity contribution in [2.45, 2.75) is 12.3 Å². The minimum absolute atomic E-state index is 0.0453. The van der Waals surface area contributed by atoms with E-state index in [4.69, 9.17) is 9.47 Å². The SMILES string of the molecule is COc1ccc(C(=O)C2CC2c2cn(C)c3ccccc23)cc1OC. The maximum atomic E-state index is 12.9. The van der Waals surface area contributed by atoms with Crippen molar-refractivity contribution < 1.29 is 14.3 Å². The van der Waals surface area contributed by atoms with Gasteiger partial charge in [0, 0.05) is 35.6 Å². The number of ether oxygens (including phenoxy) is 2. The van der Waals surface area contributed by atoms with Gasteiger partial charge in [0.05, 0.1) is 14.2 Å². The number of fused-ring (bicyclic) bond motifs is 1. The van der Waals surface area contributed by atoms with Crippen LogP contribution in [0.3, 0.4) is 0 Å². The molecular weight excluding hydrogens is 314 g/mol. The van der Waals surface area contributed by atoms with Crippen molar-refractivity contribution in [2.75, 3.05) is 14.2 Å². The first-order valence-electron chi connectivity index (χ1n) is 8.44. The van der Waals surface area contributed by atoms with E-state index in [0.717, 1.165) is 6.42 Å². The molecule has 4 nitrogen and oxygen atoms in total. The molecule has 0 aliphatic heterocycles. The number of ketones is 1. The van der Waals surface area contributed by atoms with Gasteiger partial charge < -0.3 is 14.0 Å². The van der Waals surface area contributed by atoms with Crippen molar-refractivity contribution in [3.63, 3.8) is 0 Å². The second-order valence-electron chi connectivity index (χ2n) is 6.60. The maximum absolute atomic E-state index is 12.9. The van der Waals surface area contributed by atoms with Gasteiger partial charge in [-0.15, -0.1) is 0 Å². The normalized spacial score (nSPS) is 19.0. The summed E-state index contributed by atoms with van der Waals surface area (Å²) in [6, 6.07) is 13.8. The highest BCUT2D eigenvalue weighted by atomic mass is 16.5. The average molecular weight is 335 g/mol. The van der Waals surface area contributed by atoms with Gasteiger partial charge in [-0.05, 0) is 42.2 Å². The Labute approximate surface area is 147 Å². The van der Waals surface area contributed by atoms with E-state index in [0.29, 0.717) is 23.0 Å². The summed E-state index contributed by atoms with van der Waals surface area (Å²) in [6.07, 6.45) is 3.07. The Morgan fingerprint density at radius 2 is 1.84 bits per heavy atom. The Hall–Kier alpha value is -2.75. The zero-order valence-electron chi connectivity index (χ0n) is 14.7. The molecule has 0 radical (unpaired) electrons. The Kier molecular flexibility index (Phi) is 3.75. The summed E-state index contributed by atoms with van der Waals surface area (Å²) in [5.74, 6) is 1.76. The molecule has 128 valence electrons. The number of rotatable bonds is 5. The lowest BCUT2D eigenvalue weighted by Gasteiger charge is -2.09. The van der Waals surface area contributed by atoms with Gasteiger partial charge in [0.15, 0.2) is 17.3 Å². The second kappa shape index (κ2) is 5.96. The van der Waals surface area contributed by atoms with Gasteiger partial charge in [-0.1, -0.05) is 18.2 Å². The lowest BCUT2D eigenvalue weighted by atomic mass is 10.0. The second-order valence-corrected chi connectivity index (χ2v) is 6.60. The number of methoxy groups -OCH3 is 2. The lowest BCUT2D eigenvalue weighted by molar-refractivity contribution is 0.0965. The standard InChI is InChI=1S/C21H21NO3/c1-22-12-17(14-6-4-5-7-18(14)22)15-11-16(15)21(23)13-8-9-19(24-2)20(10-13)25-3/h4-10,12,15-16H,11H2,1-3H3. The number of carbonyl (C=O) groups is 1. The van der Waals surface area contributed by atoms with Gasteiger partial charge in [0.2, 0.25) is 0 Å². The molecule has 1 aromatic heterocycles. The molecule has 4 heteroatoms. The van der Waals surface area contributed by atoms with Gasteiger partial charge in [-0.3, -0.25) is 4.79 Å². The third-order valence-corrected chi connectivity index (χ3v) is 5.12. The quantitative estimate of drug-likeness (QED) is 0.657. The number of carbonyl (C=O) groups excluding carboxylic acids is 1. The van der Waals surface area contributed by atoms with E-state index >= 15 is 0 Å². The van der Waals surface area contributed by atoms with E-state index in [1.807, 2.05) is 12.1 Å². The highest BCUT2D eigenvalue weighted by molar-refractivity contribution is 6.01. The first-order valence-corrected chi connectivity index (χ1v) is 8.44. The molecule has 2 unspecified atom stereocenters. The molecule has 1 aliphatic rings. The fourth-order valence-corrected chi connectivity index (χ4v) is 3.70. The van der Waals surface area contributed by atoms with E-state index in [2.05, 4.69) is 36.0 Å². The van der Waals surface area contributed by atoms with Crippen molar-refractivity contribution in [3.05, 3.63) is 59.8 Å². The van der Waals surface area contributed by atoms with Crippen molar-refractivity contribution >= 4 is 16.7 Å². The van der Waals surface area contributed by atoms with Crippen LogP contribution in [0.2, 0.25) is 0 Å². The predicted octanol–water partition coefficient (Wildman–Crippen LogP) is 4.18. The number of aromatic nitrogens is 1. The third kappa shape index (κ3) is 2.58. The molecule has 1 saturated carbocycles. The van der Waals surface area contributed by atoms with E-state index < -0.39 is 0 Å². The maximum Gasteiger partial charge on any atom is 0.166 e. The zero-order valence-corrected chi connectivity index (χ0v) is 14.7. The molecule has 1 aliphatic carbocycles. The van der Waals surface area contributed by atoms with Gasteiger partial charge in [-0.25, -0.2) is 0 Å². The molecule has 1 fully saturated rings. The van der Waals surface area contributed by atoms with Gasteiger partial charge in [0.1, 0.15) is 0 Å². The first kappa shape index (κ1) is 15.8. The number of para-hydroxylation sites is 1. The third-order valence-electron chi connectivity index (χ3n) is 5.12. The summed E-state index contributed by atoms with van der Waals surface area (Å²) >= 11 is 0. The molecule has 0 amide bonds. The molecule has 1 heterocycles. The summed E-state index contributed by atoms with van der Waals surface area (Å²) in [7, 11) is 5.23. The number of hydrogen-bond acceptors (Lipinski definition) is 3. The summed E-state index contributed by atoms with van der Waals surface area (Å²) in [5, 5.41) is 1.25. The summed E-state index contributed by atoms with van der Waals surface area (Å²) in [4.78, 5) is 12.9. The molecule has 0 N–H and O–H groups in total. The lowest BCUT2D eigenvalue weighted by Crippen LogP contribution is -2.04. The van der Waals surface area contributed by atoms with E-state index in [1.165, 1.54) is 16.5 Å². The largest absolute Gasteiger partial charge is 0.493 e. The molecular formula is C21H21NO3. The molecule has 0 bridgehead atoms. The van der Waals surface area contributed by atoms with Crippen LogP contribution in [0, 0.1) is 5.92 Å². The van der Waals surface area contributed by atoms with Crippen LogP contribution in [0.4, 0.5) is 0 Å². The molecule has 3 aromatic rings. The van der Waals surface area contributed by atoms with Crippen LogP contribution in [0.15, 0.2) is 48.7 Å².